The average molecular weight is 379 g/mol. The second-order valence-electron chi connectivity index (χ2n) is 7.31. The lowest BCUT2D eigenvalue weighted by molar-refractivity contribution is -0.128. The van der Waals surface area contributed by atoms with E-state index in [1.54, 1.807) is 11.9 Å². The van der Waals surface area contributed by atoms with Crippen molar-refractivity contribution >= 4 is 11.9 Å². The number of hydrogen-bond acceptors (Lipinski definition) is 2. The first kappa shape index (κ1) is 17.9. The monoisotopic (exact) mass is 379 g/mol. The summed E-state index contributed by atoms with van der Waals surface area (Å²) in [5, 5.41) is 2.55. The zero-order chi connectivity index (χ0) is 19.3. The minimum absolute atomic E-state index is 0.0794. The number of nitrogens with one attached hydrogen (secondary N) is 1. The Labute approximate surface area is 154 Å². The molecule has 1 saturated carbocycles. The molecule has 3 aliphatic rings. The van der Waals surface area contributed by atoms with Gasteiger partial charge in [-0.1, -0.05) is 19.3 Å². The minimum Gasteiger partial charge on any atom is -0.330 e. The van der Waals surface area contributed by atoms with Gasteiger partial charge < -0.3 is 10.2 Å². The van der Waals surface area contributed by atoms with Gasteiger partial charge in [-0.15, -0.1) is 0 Å². The summed E-state index contributed by atoms with van der Waals surface area (Å²) in [5.74, 6) is -3.82. The highest BCUT2D eigenvalue weighted by molar-refractivity contribution is 6.01. The van der Waals surface area contributed by atoms with Crippen molar-refractivity contribution in [3.05, 3.63) is 46.4 Å². The van der Waals surface area contributed by atoms with Crippen LogP contribution in [-0.4, -0.2) is 41.4 Å². The van der Waals surface area contributed by atoms with Gasteiger partial charge in [0.15, 0.2) is 11.6 Å². The maximum Gasteiger partial charge on any atom is 0.322 e. The Hall–Kier alpha value is -2.51. The molecule has 0 bridgehead atoms. The van der Waals surface area contributed by atoms with E-state index < -0.39 is 29.5 Å². The van der Waals surface area contributed by atoms with Crippen molar-refractivity contribution in [2.24, 2.45) is 0 Å². The van der Waals surface area contributed by atoms with E-state index in [9.17, 15) is 22.8 Å². The Morgan fingerprint density at radius 2 is 1.67 bits per heavy atom. The fourth-order valence-electron chi connectivity index (χ4n) is 4.27. The van der Waals surface area contributed by atoms with E-state index in [1.807, 2.05) is 0 Å². The van der Waals surface area contributed by atoms with Gasteiger partial charge in [-0.25, -0.2) is 18.0 Å². The van der Waals surface area contributed by atoms with Crippen LogP contribution in [0, 0.1) is 17.5 Å². The van der Waals surface area contributed by atoms with Crippen molar-refractivity contribution in [1.29, 1.82) is 0 Å². The Bertz CT molecular complexity index is 849. The minimum atomic E-state index is -1.31. The molecule has 1 aromatic carbocycles. The lowest BCUT2D eigenvalue weighted by atomic mass is 9.93. The van der Waals surface area contributed by atoms with Crippen LogP contribution in [0.4, 0.5) is 18.0 Å². The van der Waals surface area contributed by atoms with Gasteiger partial charge in [0.1, 0.15) is 5.82 Å². The largest absolute Gasteiger partial charge is 0.330 e. The van der Waals surface area contributed by atoms with Crippen molar-refractivity contribution in [1.82, 2.24) is 15.1 Å². The van der Waals surface area contributed by atoms with E-state index in [-0.39, 0.29) is 29.6 Å². The van der Waals surface area contributed by atoms with Crippen LogP contribution in [0.2, 0.25) is 0 Å². The molecule has 144 valence electrons. The van der Waals surface area contributed by atoms with Crippen molar-refractivity contribution in [2.75, 3.05) is 13.6 Å². The zero-order valence-electron chi connectivity index (χ0n) is 14.9. The average Bonchev–Trinajstić information content (AvgIpc) is 3.00. The number of hydrogen-bond donors (Lipinski definition) is 1. The number of carbonyl (C=O) groups excluding carboxylic acids is 2. The smallest absolute Gasteiger partial charge is 0.322 e. The third-order valence-electron chi connectivity index (χ3n) is 5.75. The lowest BCUT2D eigenvalue weighted by Crippen LogP contribution is -2.45. The fourth-order valence-corrected chi connectivity index (χ4v) is 4.27. The van der Waals surface area contributed by atoms with Crippen LogP contribution < -0.4 is 5.32 Å². The standard InChI is InChI=1S/C19H20F3N3O2/c1-24-15-9-25(10-5-3-2-4-6-10)18(26)16(15)17(23-19(24)27)11-7-13(21)14(22)8-12(11)20/h7-8,10,17H,2-6,9H2,1H3,(H,23,27)/t17-/m1/s1. The first-order valence-electron chi connectivity index (χ1n) is 9.11. The second kappa shape index (κ2) is 6.58. The molecule has 27 heavy (non-hydrogen) atoms. The fraction of sp³-hybridized carbons (Fsp3) is 0.474. The maximum absolute atomic E-state index is 14.4. The van der Waals surface area contributed by atoms with Crippen LogP contribution in [0.5, 0.6) is 0 Å². The van der Waals surface area contributed by atoms with Crippen LogP contribution in [-0.2, 0) is 4.79 Å². The predicted octanol–water partition coefficient (Wildman–Crippen LogP) is 3.23. The van der Waals surface area contributed by atoms with E-state index in [1.165, 1.54) is 4.90 Å². The highest BCUT2D eigenvalue weighted by atomic mass is 19.2. The van der Waals surface area contributed by atoms with Crippen molar-refractivity contribution < 1.29 is 22.8 Å². The summed E-state index contributed by atoms with van der Waals surface area (Å²) < 4.78 is 41.4. The summed E-state index contributed by atoms with van der Waals surface area (Å²) in [6.07, 6.45) is 4.98. The molecule has 4 rings (SSSR count). The molecule has 1 N–H and O–H groups in total. The van der Waals surface area contributed by atoms with Crippen LogP contribution in [0.1, 0.15) is 43.7 Å². The van der Waals surface area contributed by atoms with Gasteiger partial charge in [-0.05, 0) is 18.9 Å². The van der Waals surface area contributed by atoms with E-state index in [2.05, 4.69) is 5.32 Å². The number of urea groups is 1. The van der Waals surface area contributed by atoms with E-state index >= 15 is 0 Å². The second-order valence-corrected chi connectivity index (χ2v) is 7.31. The normalized spacial score (nSPS) is 23.8. The summed E-state index contributed by atoms with van der Waals surface area (Å²) in [6, 6.07) is -0.424. The topological polar surface area (TPSA) is 52.7 Å². The first-order chi connectivity index (χ1) is 12.9. The molecule has 0 radical (unpaired) electrons. The number of carbonyl (C=O) groups is 2. The molecule has 3 amide bonds. The molecule has 8 heteroatoms. The number of benzene rings is 1. The van der Waals surface area contributed by atoms with Gasteiger partial charge in [0.25, 0.3) is 5.91 Å². The number of rotatable bonds is 2. The van der Waals surface area contributed by atoms with E-state index in [0.717, 1.165) is 32.1 Å². The Morgan fingerprint density at radius 3 is 2.37 bits per heavy atom. The quantitative estimate of drug-likeness (QED) is 0.803. The summed E-state index contributed by atoms with van der Waals surface area (Å²) in [5.41, 5.74) is 0.470. The highest BCUT2D eigenvalue weighted by Crippen LogP contribution is 2.39. The maximum atomic E-state index is 14.4. The Morgan fingerprint density at radius 1 is 1.00 bits per heavy atom. The molecule has 5 nitrogen and oxygen atoms in total. The van der Waals surface area contributed by atoms with Crippen LogP contribution in [0.25, 0.3) is 0 Å². The van der Waals surface area contributed by atoms with Crippen LogP contribution in [0.3, 0.4) is 0 Å². The van der Waals surface area contributed by atoms with Gasteiger partial charge in [0.05, 0.1) is 23.9 Å². The zero-order valence-corrected chi connectivity index (χ0v) is 14.9. The Kier molecular flexibility index (Phi) is 4.36. The van der Waals surface area contributed by atoms with Gasteiger partial charge >= 0.3 is 6.03 Å². The molecule has 1 aromatic rings. The summed E-state index contributed by atoms with van der Waals surface area (Å²) in [4.78, 5) is 28.5. The van der Waals surface area contributed by atoms with Crippen molar-refractivity contribution in [3.8, 4) is 0 Å². The molecule has 1 aliphatic carbocycles. The van der Waals surface area contributed by atoms with Gasteiger partial charge in [-0.3, -0.25) is 9.69 Å². The third kappa shape index (κ3) is 2.87. The van der Waals surface area contributed by atoms with Crippen molar-refractivity contribution in [2.45, 2.75) is 44.2 Å². The number of likely N-dealkylation sites (N-methyl/N-ethyl adjacent to an activating group) is 1. The van der Waals surface area contributed by atoms with Crippen molar-refractivity contribution in [3.63, 3.8) is 0 Å². The van der Waals surface area contributed by atoms with Crippen LogP contribution >= 0.6 is 0 Å². The molecule has 2 aliphatic heterocycles. The summed E-state index contributed by atoms with van der Waals surface area (Å²) in [7, 11) is 1.54. The van der Waals surface area contributed by atoms with Gasteiger partial charge in [0.2, 0.25) is 0 Å². The third-order valence-corrected chi connectivity index (χ3v) is 5.75. The van der Waals surface area contributed by atoms with Gasteiger partial charge in [-0.2, -0.15) is 0 Å². The lowest BCUT2D eigenvalue weighted by Gasteiger charge is -2.31. The SMILES string of the molecule is CN1C(=O)N[C@H](c2cc(F)c(F)cc2F)C2=C1CN(C1CCCCC1)C2=O. The number of amides is 3. The highest BCUT2D eigenvalue weighted by Gasteiger charge is 2.45. The molecule has 0 aromatic heterocycles. The molecule has 0 saturated heterocycles. The van der Waals surface area contributed by atoms with E-state index in [0.29, 0.717) is 17.8 Å². The van der Waals surface area contributed by atoms with E-state index in [4.69, 9.17) is 0 Å². The van der Waals surface area contributed by atoms with Gasteiger partial charge in [0, 0.05) is 24.7 Å². The molecule has 0 spiro atoms. The molecule has 2 heterocycles. The molecule has 1 fully saturated rings. The number of nitrogens with zero attached hydrogens (tertiary/aromatic N) is 2. The molecular formula is C19H20F3N3O2. The summed E-state index contributed by atoms with van der Waals surface area (Å²) >= 11 is 0. The molecule has 1 atom stereocenters. The van der Waals surface area contributed by atoms with Crippen LogP contribution in [0.15, 0.2) is 23.4 Å². The molecule has 0 unspecified atom stereocenters. The molecular weight excluding hydrogens is 359 g/mol. The summed E-state index contributed by atoms with van der Waals surface area (Å²) in [6.45, 7) is 0.268. The Balaban J connectivity index is 1.74. The predicted molar refractivity (Wildman–Crippen MR) is 91.0 cm³/mol. The number of halogens is 3. The first-order valence-corrected chi connectivity index (χ1v) is 9.11.